The van der Waals surface area contributed by atoms with Gasteiger partial charge in [-0.1, -0.05) is 17.3 Å². The fraction of sp³-hybridized carbons (Fsp3) is 0.176. The summed E-state index contributed by atoms with van der Waals surface area (Å²) in [5, 5.41) is 17.9. The van der Waals surface area contributed by atoms with Crippen molar-refractivity contribution in [2.45, 2.75) is 20.4 Å². The number of nitrogens with one attached hydrogen (secondary N) is 2. The number of aryl methyl sites for hydroxylation is 2. The quantitative estimate of drug-likeness (QED) is 0.654. The Balaban J connectivity index is 1.82. The van der Waals surface area contributed by atoms with E-state index >= 15 is 0 Å². The summed E-state index contributed by atoms with van der Waals surface area (Å²) in [7, 11) is 0. The number of carbonyl (C=O) groups is 1. The van der Waals surface area contributed by atoms with E-state index in [4.69, 9.17) is 9.63 Å². The molecule has 0 aliphatic rings. The Labute approximate surface area is 143 Å². The smallest absolute Gasteiger partial charge is 0.404 e. The minimum atomic E-state index is -1.04. The molecule has 0 saturated heterocycles. The van der Waals surface area contributed by atoms with E-state index in [1.54, 1.807) is 6.20 Å². The molecular weight excluding hydrogens is 322 g/mol. The SMILES string of the molecule is Cc1cc(-c2ccnc(Nc3conc3C)n2)ccc1CNC(=O)O. The lowest BCUT2D eigenvalue weighted by Gasteiger charge is -2.09. The van der Waals surface area contributed by atoms with Gasteiger partial charge in [-0.3, -0.25) is 0 Å². The molecule has 0 unspecified atom stereocenters. The van der Waals surface area contributed by atoms with Crippen LogP contribution in [0, 0.1) is 13.8 Å². The lowest BCUT2D eigenvalue weighted by atomic mass is 10.0. The molecule has 0 atom stereocenters. The number of hydrogen-bond donors (Lipinski definition) is 3. The van der Waals surface area contributed by atoms with Crippen LogP contribution in [0.4, 0.5) is 16.4 Å². The third-order valence-corrected chi connectivity index (χ3v) is 3.72. The van der Waals surface area contributed by atoms with Gasteiger partial charge in [0.1, 0.15) is 17.6 Å². The third-order valence-electron chi connectivity index (χ3n) is 3.72. The van der Waals surface area contributed by atoms with Gasteiger partial charge in [-0.25, -0.2) is 14.8 Å². The number of rotatable bonds is 5. The van der Waals surface area contributed by atoms with Crippen molar-refractivity contribution in [2.75, 3.05) is 5.32 Å². The van der Waals surface area contributed by atoms with Crippen LogP contribution in [0.25, 0.3) is 11.3 Å². The van der Waals surface area contributed by atoms with Crippen LogP contribution in [-0.2, 0) is 6.54 Å². The lowest BCUT2D eigenvalue weighted by molar-refractivity contribution is 0.194. The Morgan fingerprint density at radius 1 is 1.28 bits per heavy atom. The van der Waals surface area contributed by atoms with Crippen molar-refractivity contribution < 1.29 is 14.4 Å². The molecule has 0 fully saturated rings. The first-order chi connectivity index (χ1) is 12.0. The Hall–Kier alpha value is -3.42. The zero-order chi connectivity index (χ0) is 17.8. The summed E-state index contributed by atoms with van der Waals surface area (Å²) in [6.45, 7) is 4.02. The van der Waals surface area contributed by atoms with Crippen LogP contribution in [0.2, 0.25) is 0 Å². The van der Waals surface area contributed by atoms with Crippen LogP contribution in [0.15, 0.2) is 41.2 Å². The highest BCUT2D eigenvalue weighted by atomic mass is 16.5. The number of carboxylic acid groups (broad SMARTS) is 1. The average Bonchev–Trinajstić information content (AvgIpc) is 2.99. The largest absolute Gasteiger partial charge is 0.465 e. The fourth-order valence-electron chi connectivity index (χ4n) is 2.34. The maximum Gasteiger partial charge on any atom is 0.404 e. The van der Waals surface area contributed by atoms with Crippen LogP contribution in [0.1, 0.15) is 16.8 Å². The zero-order valence-electron chi connectivity index (χ0n) is 13.8. The molecule has 0 saturated carbocycles. The van der Waals surface area contributed by atoms with Gasteiger partial charge in [0.25, 0.3) is 0 Å². The van der Waals surface area contributed by atoms with Gasteiger partial charge >= 0.3 is 6.09 Å². The molecule has 128 valence electrons. The van der Waals surface area contributed by atoms with Crippen molar-refractivity contribution in [2.24, 2.45) is 0 Å². The highest BCUT2D eigenvalue weighted by Gasteiger charge is 2.08. The van der Waals surface area contributed by atoms with Gasteiger partial charge in [-0.2, -0.15) is 0 Å². The van der Waals surface area contributed by atoms with Crippen LogP contribution in [-0.4, -0.2) is 26.3 Å². The van der Waals surface area contributed by atoms with Crippen molar-refractivity contribution in [1.82, 2.24) is 20.4 Å². The van der Waals surface area contributed by atoms with Crippen LogP contribution < -0.4 is 10.6 Å². The lowest BCUT2D eigenvalue weighted by Crippen LogP contribution is -2.20. The molecule has 0 spiro atoms. The zero-order valence-corrected chi connectivity index (χ0v) is 13.8. The van der Waals surface area contributed by atoms with E-state index in [0.29, 0.717) is 11.6 Å². The first kappa shape index (κ1) is 16.4. The molecule has 1 aromatic carbocycles. The maximum atomic E-state index is 10.6. The van der Waals surface area contributed by atoms with Crippen LogP contribution in [0.3, 0.4) is 0 Å². The van der Waals surface area contributed by atoms with E-state index in [2.05, 4.69) is 25.8 Å². The van der Waals surface area contributed by atoms with Crippen molar-refractivity contribution in [3.8, 4) is 11.3 Å². The summed E-state index contributed by atoms with van der Waals surface area (Å²) >= 11 is 0. The molecule has 0 aliphatic heterocycles. The summed E-state index contributed by atoms with van der Waals surface area (Å²) in [5.74, 6) is 0.443. The van der Waals surface area contributed by atoms with E-state index in [1.165, 1.54) is 6.26 Å². The summed E-state index contributed by atoms with van der Waals surface area (Å²) < 4.78 is 4.89. The molecule has 25 heavy (non-hydrogen) atoms. The Morgan fingerprint density at radius 3 is 2.80 bits per heavy atom. The van der Waals surface area contributed by atoms with Crippen LogP contribution >= 0.6 is 0 Å². The van der Waals surface area contributed by atoms with Gasteiger partial charge in [0.15, 0.2) is 0 Å². The highest BCUT2D eigenvalue weighted by Crippen LogP contribution is 2.23. The van der Waals surface area contributed by atoms with Gasteiger partial charge < -0.3 is 20.3 Å². The van der Waals surface area contributed by atoms with E-state index in [1.807, 2.05) is 38.1 Å². The van der Waals surface area contributed by atoms with Crippen molar-refractivity contribution in [3.05, 3.63) is 53.5 Å². The summed E-state index contributed by atoms with van der Waals surface area (Å²) in [5.41, 5.74) is 5.01. The molecule has 0 radical (unpaired) electrons. The highest BCUT2D eigenvalue weighted by molar-refractivity contribution is 5.65. The Kier molecular flexibility index (Phi) is 4.60. The van der Waals surface area contributed by atoms with Gasteiger partial charge in [-0.05, 0) is 37.1 Å². The minimum absolute atomic E-state index is 0.269. The molecule has 8 heteroatoms. The van der Waals surface area contributed by atoms with Gasteiger partial charge in [0.05, 0.1) is 5.69 Å². The Morgan fingerprint density at radius 2 is 2.12 bits per heavy atom. The minimum Gasteiger partial charge on any atom is -0.465 e. The molecule has 3 N–H and O–H groups in total. The number of benzene rings is 1. The van der Waals surface area contributed by atoms with Crippen molar-refractivity contribution in [3.63, 3.8) is 0 Å². The predicted molar refractivity (Wildman–Crippen MR) is 91.6 cm³/mol. The topological polar surface area (TPSA) is 113 Å². The second-order valence-corrected chi connectivity index (χ2v) is 5.50. The van der Waals surface area contributed by atoms with E-state index < -0.39 is 6.09 Å². The summed E-state index contributed by atoms with van der Waals surface area (Å²) in [6.07, 6.45) is 2.13. The standard InChI is InChI=1S/C17H17N5O3/c1-10-7-12(3-4-13(10)8-19-17(23)24)14-5-6-18-16(20-14)21-15-9-25-22-11(15)2/h3-7,9,19H,8H2,1-2H3,(H,23,24)(H,18,20,21). The molecule has 3 aromatic rings. The monoisotopic (exact) mass is 339 g/mol. The molecule has 2 aromatic heterocycles. The summed E-state index contributed by atoms with van der Waals surface area (Å²) in [4.78, 5) is 19.3. The van der Waals surface area contributed by atoms with E-state index in [9.17, 15) is 4.79 Å². The molecule has 0 bridgehead atoms. The second kappa shape index (κ2) is 7.00. The van der Waals surface area contributed by atoms with Crippen molar-refractivity contribution >= 4 is 17.7 Å². The number of hydrogen-bond acceptors (Lipinski definition) is 6. The van der Waals surface area contributed by atoms with E-state index in [-0.39, 0.29) is 6.54 Å². The number of anilines is 2. The van der Waals surface area contributed by atoms with Gasteiger partial charge in [0.2, 0.25) is 5.95 Å². The predicted octanol–water partition coefficient (Wildman–Crippen LogP) is 3.26. The first-order valence-corrected chi connectivity index (χ1v) is 7.60. The molecule has 1 amide bonds. The number of nitrogens with zero attached hydrogens (tertiary/aromatic N) is 3. The maximum absolute atomic E-state index is 10.6. The Bertz CT molecular complexity index is 907. The number of amides is 1. The first-order valence-electron chi connectivity index (χ1n) is 7.60. The fourth-order valence-corrected chi connectivity index (χ4v) is 2.34. The normalized spacial score (nSPS) is 10.5. The molecule has 2 heterocycles. The third kappa shape index (κ3) is 3.92. The molecule has 0 aliphatic carbocycles. The second-order valence-electron chi connectivity index (χ2n) is 5.50. The molecular formula is C17H17N5O3. The van der Waals surface area contributed by atoms with Crippen LogP contribution in [0.5, 0.6) is 0 Å². The number of aromatic nitrogens is 3. The molecule has 3 rings (SSSR count). The van der Waals surface area contributed by atoms with Gasteiger partial charge in [0, 0.05) is 18.3 Å². The van der Waals surface area contributed by atoms with Gasteiger partial charge in [-0.15, -0.1) is 0 Å². The van der Waals surface area contributed by atoms with Crippen molar-refractivity contribution in [1.29, 1.82) is 0 Å². The summed E-state index contributed by atoms with van der Waals surface area (Å²) in [6, 6.07) is 7.58. The molecule has 8 nitrogen and oxygen atoms in total. The average molecular weight is 339 g/mol. The van der Waals surface area contributed by atoms with E-state index in [0.717, 1.165) is 28.1 Å².